The van der Waals surface area contributed by atoms with Gasteiger partial charge in [-0.2, -0.15) is 0 Å². The van der Waals surface area contributed by atoms with Crippen molar-refractivity contribution in [3.05, 3.63) is 88.5 Å². The number of benzene rings is 2. The first kappa shape index (κ1) is 28.0. The van der Waals surface area contributed by atoms with E-state index in [-0.39, 0.29) is 0 Å². The second-order valence-corrected chi connectivity index (χ2v) is 10.5. The van der Waals surface area contributed by atoms with Gasteiger partial charge in [0.1, 0.15) is 0 Å². The normalized spacial score (nSPS) is 10.7. The molecule has 0 aliphatic carbocycles. The monoisotopic (exact) mass is 522 g/mol. The molecule has 0 saturated carbocycles. The Morgan fingerprint density at radius 2 is 1.41 bits per heavy atom. The first-order valence-electron chi connectivity index (χ1n) is 12.0. The average molecular weight is 523 g/mol. The summed E-state index contributed by atoms with van der Waals surface area (Å²) in [6.45, 7) is 8.92. The molecule has 0 N–H and O–H groups in total. The third-order valence-electron chi connectivity index (χ3n) is 5.06. The summed E-state index contributed by atoms with van der Waals surface area (Å²) in [5.74, 6) is 2.50. The van der Waals surface area contributed by atoms with Gasteiger partial charge < -0.3 is 5.53 Å². The molecule has 0 spiro atoms. The van der Waals surface area contributed by atoms with Crippen molar-refractivity contribution in [3.63, 3.8) is 0 Å². The van der Waals surface area contributed by atoms with Crippen LogP contribution in [0.25, 0.3) is 11.1 Å². The Bertz CT molecular complexity index is 886. The Balaban J connectivity index is 0.000000920. The molecular formula is C29H40N2Pd. The van der Waals surface area contributed by atoms with Gasteiger partial charge in [-0.15, -0.1) is 4.79 Å². The molecule has 2 rings (SSSR count). The molecule has 2 nitrogen and oxygen atoms in total. The molecule has 0 bridgehead atoms. The molecular weight excluding hydrogens is 483 g/mol. The Morgan fingerprint density at radius 1 is 0.844 bits per heavy atom. The van der Waals surface area contributed by atoms with Gasteiger partial charge in [-0.25, -0.2) is 0 Å². The van der Waals surface area contributed by atoms with E-state index in [0.29, 0.717) is 0 Å². The van der Waals surface area contributed by atoms with Crippen LogP contribution in [0, 0.1) is 0 Å². The average Bonchev–Trinajstić information content (AvgIpc) is 2.82. The number of rotatable bonds is 12. The van der Waals surface area contributed by atoms with Crippen molar-refractivity contribution in [1.29, 1.82) is 0 Å². The molecule has 0 aliphatic rings. The summed E-state index contributed by atoms with van der Waals surface area (Å²) in [6.07, 6.45) is 12.0. The van der Waals surface area contributed by atoms with Gasteiger partial charge >= 0.3 is 41.6 Å². The quantitative estimate of drug-likeness (QED) is 0.0668. The Kier molecular flexibility index (Phi) is 16.3. The topological polar surface area (TPSA) is 36.4 Å². The molecule has 0 aromatic heterocycles. The number of aryl methyl sites for hydroxylation is 2. The van der Waals surface area contributed by atoms with Crippen molar-refractivity contribution in [3.8, 4) is 0 Å². The Morgan fingerprint density at radius 3 is 1.88 bits per heavy atom. The molecule has 0 radical (unpaired) electrons. The summed E-state index contributed by atoms with van der Waals surface area (Å²) in [5.41, 5.74) is 14.9. The Hall–Kier alpha value is -2.00. The van der Waals surface area contributed by atoms with Crippen LogP contribution in [0.1, 0.15) is 82.1 Å². The van der Waals surface area contributed by atoms with Crippen molar-refractivity contribution < 1.29 is 22.8 Å². The second-order valence-electron chi connectivity index (χ2n) is 7.54. The van der Waals surface area contributed by atoms with Gasteiger partial charge in [-0.3, -0.25) is 0 Å². The number of nitrogens with zero attached hydrogens (tertiary/aromatic N) is 2. The van der Waals surface area contributed by atoms with E-state index in [1.807, 2.05) is 6.08 Å². The zero-order chi connectivity index (χ0) is 23.4. The summed E-state index contributed by atoms with van der Waals surface area (Å²) in [5, 5.41) is 0. The van der Waals surface area contributed by atoms with Crippen LogP contribution in [-0.2, 0) is 30.8 Å². The van der Waals surface area contributed by atoms with Crippen molar-refractivity contribution >= 4 is 11.4 Å². The van der Waals surface area contributed by atoms with Crippen LogP contribution >= 0.6 is 0 Å². The molecule has 0 amide bonds. The molecule has 0 saturated heterocycles. The molecule has 0 unspecified atom stereocenters. The first-order chi connectivity index (χ1) is 15.7. The van der Waals surface area contributed by atoms with Crippen LogP contribution < -0.4 is 0 Å². The summed E-state index contributed by atoms with van der Waals surface area (Å²) in [6, 6.07) is 17.5. The molecule has 0 atom stereocenters. The predicted molar refractivity (Wildman–Crippen MR) is 136 cm³/mol. The van der Waals surface area contributed by atoms with E-state index in [1.165, 1.54) is 64.1 Å². The molecule has 0 heterocycles. The summed E-state index contributed by atoms with van der Waals surface area (Å²) in [4.78, 5) is 5.76. The fourth-order valence-electron chi connectivity index (χ4n) is 3.42. The van der Waals surface area contributed by atoms with Crippen molar-refractivity contribution in [2.24, 2.45) is 0 Å². The number of hydrogen-bond acceptors (Lipinski definition) is 0. The fraction of sp³-hybridized carbons (Fsp3) is 0.448. The minimum absolute atomic E-state index is 1.04. The maximum absolute atomic E-state index is 8.68. The van der Waals surface area contributed by atoms with Crippen molar-refractivity contribution in [1.82, 2.24) is 0 Å². The first-order valence-corrected chi connectivity index (χ1v) is 14.2. The van der Waals surface area contributed by atoms with Crippen LogP contribution in [0.15, 0.2) is 60.7 Å². The number of hydrogen-bond donors (Lipinski definition) is 0. The fourth-order valence-corrected chi connectivity index (χ4v) is 4.20. The van der Waals surface area contributed by atoms with Gasteiger partial charge in [0.25, 0.3) is 5.87 Å². The van der Waals surface area contributed by atoms with E-state index in [9.17, 15) is 0 Å². The molecule has 0 fully saturated rings. The van der Waals surface area contributed by atoms with Crippen LogP contribution in [0.2, 0.25) is 9.79 Å². The van der Waals surface area contributed by atoms with Crippen LogP contribution in [0.5, 0.6) is 0 Å². The summed E-state index contributed by atoms with van der Waals surface area (Å²) in [7, 11) is 0. The standard InChI is InChI=1S/C25H30N2.2C2H5.Pd/c1-3-5-7-12-22-14-9-16-24(20-22)25(17-10-18-27-26)23-15-8-13-21(19-23)11-6-4-2;2*1-2;/h8-10,13-17,19-20H,3-7,11-12H2,1-2H3;2*1H2,2H3;. The minimum atomic E-state index is 1.04. The molecule has 3 heteroatoms. The van der Waals surface area contributed by atoms with Gasteiger partial charge in [0.15, 0.2) is 0 Å². The number of allylic oxidation sites excluding steroid dienone is 2. The zero-order valence-corrected chi connectivity index (χ0v) is 21.9. The third-order valence-corrected chi connectivity index (χ3v) is 6.62. The maximum atomic E-state index is 8.68. The van der Waals surface area contributed by atoms with E-state index in [0.717, 1.165) is 36.4 Å². The van der Waals surface area contributed by atoms with Gasteiger partial charge in [0.05, 0.1) is 6.08 Å². The summed E-state index contributed by atoms with van der Waals surface area (Å²) >= 11 is 1.04. The van der Waals surface area contributed by atoms with Gasteiger partial charge in [0, 0.05) is 0 Å². The molecule has 0 aliphatic heterocycles. The molecule has 2 aromatic carbocycles. The van der Waals surface area contributed by atoms with Crippen molar-refractivity contribution in [2.75, 3.05) is 0 Å². The van der Waals surface area contributed by atoms with E-state index >= 15 is 0 Å². The molecule has 2 aromatic rings. The van der Waals surface area contributed by atoms with E-state index < -0.39 is 0 Å². The van der Waals surface area contributed by atoms with E-state index in [2.05, 4.69) is 86.9 Å². The third kappa shape index (κ3) is 11.6. The number of unbranched alkanes of at least 4 members (excludes halogenated alkanes) is 3. The van der Waals surface area contributed by atoms with E-state index in [1.54, 1.807) is 6.08 Å². The van der Waals surface area contributed by atoms with Gasteiger partial charge in [0.2, 0.25) is 0 Å². The van der Waals surface area contributed by atoms with Crippen molar-refractivity contribution in [2.45, 2.75) is 82.4 Å². The van der Waals surface area contributed by atoms with E-state index in [4.69, 9.17) is 5.53 Å². The second kappa shape index (κ2) is 18.6. The summed E-state index contributed by atoms with van der Waals surface area (Å²) < 4.78 is 0. The van der Waals surface area contributed by atoms with Crippen LogP contribution in [0.4, 0.5) is 0 Å². The van der Waals surface area contributed by atoms with Crippen LogP contribution in [-0.4, -0.2) is 10.7 Å². The van der Waals surface area contributed by atoms with Gasteiger partial charge in [-0.1, -0.05) is 81.6 Å². The zero-order valence-electron chi connectivity index (χ0n) is 20.3. The van der Waals surface area contributed by atoms with Crippen LogP contribution in [0.3, 0.4) is 0 Å². The predicted octanol–water partition coefficient (Wildman–Crippen LogP) is 8.59. The molecule has 176 valence electrons. The SMILES string of the molecule is CCCCCc1cccc(C(=CC=C=[N+]=[N-])c2cccc(CCCC)c2)c1.C[CH2][Pd][CH2]C. The Labute approximate surface area is 204 Å². The van der Waals surface area contributed by atoms with Gasteiger partial charge in [-0.05, 0) is 59.6 Å². The molecule has 32 heavy (non-hydrogen) atoms.